The number of carboxylic acid groups (broad SMARTS) is 1. The molecule has 5 heteroatoms. The fourth-order valence-corrected chi connectivity index (χ4v) is 8.37. The molecule has 4 bridgehead atoms. The van der Waals surface area contributed by atoms with Crippen molar-refractivity contribution >= 4 is 11.9 Å². The molecular weight excluding hydrogens is 308 g/mol. The lowest BCUT2D eigenvalue weighted by molar-refractivity contribution is -0.160. The number of hydrogen-bond acceptors (Lipinski definition) is 4. The van der Waals surface area contributed by atoms with Crippen molar-refractivity contribution < 1.29 is 24.2 Å². The van der Waals surface area contributed by atoms with Gasteiger partial charge in [0.25, 0.3) is 0 Å². The molecule has 24 heavy (non-hydrogen) atoms. The minimum Gasteiger partial charge on any atom is -0.481 e. The first-order valence-electron chi connectivity index (χ1n) is 9.48. The summed E-state index contributed by atoms with van der Waals surface area (Å²) < 4.78 is 12.0. The summed E-state index contributed by atoms with van der Waals surface area (Å²) in [5, 5.41) is 10.2. The predicted octanol–water partition coefficient (Wildman–Crippen LogP) is 2.38. The molecule has 2 heterocycles. The van der Waals surface area contributed by atoms with Gasteiger partial charge in [-0.3, -0.25) is 9.59 Å². The van der Waals surface area contributed by atoms with E-state index in [1.807, 2.05) is 6.92 Å². The Bertz CT molecular complexity index is 683. The Labute approximate surface area is 141 Å². The normalized spacial score (nSPS) is 62.3. The van der Waals surface area contributed by atoms with E-state index in [0.29, 0.717) is 5.92 Å². The zero-order valence-electron chi connectivity index (χ0n) is 14.0. The molecule has 1 unspecified atom stereocenters. The van der Waals surface area contributed by atoms with Crippen LogP contribution in [0, 0.1) is 34.5 Å². The summed E-state index contributed by atoms with van der Waals surface area (Å²) in [5.74, 6) is -0.733. The van der Waals surface area contributed by atoms with Crippen LogP contribution in [-0.2, 0) is 19.1 Å². The van der Waals surface area contributed by atoms with E-state index in [1.165, 1.54) is 0 Å². The minimum absolute atomic E-state index is 0.0449. The number of carboxylic acids is 1. The lowest BCUT2D eigenvalue weighted by atomic mass is 9.60. The van der Waals surface area contributed by atoms with Gasteiger partial charge in [-0.25, -0.2) is 0 Å². The van der Waals surface area contributed by atoms with Crippen molar-refractivity contribution in [1.29, 1.82) is 0 Å². The molecule has 2 spiro atoms. The molecule has 4 saturated carbocycles. The number of hydrogen-bond donors (Lipinski definition) is 1. The number of carbonyl (C=O) groups excluding carboxylic acids is 1. The first-order chi connectivity index (χ1) is 11.4. The molecule has 2 aliphatic heterocycles. The maximum absolute atomic E-state index is 12.7. The highest BCUT2D eigenvalue weighted by molar-refractivity contribution is 5.84. The lowest BCUT2D eigenvalue weighted by Gasteiger charge is -2.43. The summed E-state index contributed by atoms with van der Waals surface area (Å²) in [5.41, 5.74) is -1.39. The largest absolute Gasteiger partial charge is 0.481 e. The zero-order chi connectivity index (χ0) is 16.5. The van der Waals surface area contributed by atoms with E-state index in [0.717, 1.165) is 51.6 Å². The predicted molar refractivity (Wildman–Crippen MR) is 82.0 cm³/mol. The first kappa shape index (κ1) is 14.1. The number of esters is 1. The molecule has 0 amide bonds. The van der Waals surface area contributed by atoms with E-state index in [2.05, 4.69) is 0 Å². The highest BCUT2D eigenvalue weighted by Crippen LogP contribution is 2.79. The van der Waals surface area contributed by atoms with Crippen LogP contribution < -0.4 is 0 Å². The first-order valence-corrected chi connectivity index (χ1v) is 9.48. The molecule has 6 aliphatic rings. The fraction of sp³-hybridized carbons (Fsp3) is 0.895. The quantitative estimate of drug-likeness (QED) is 0.589. The topological polar surface area (TPSA) is 76.1 Å². The van der Waals surface area contributed by atoms with E-state index in [-0.39, 0.29) is 28.8 Å². The molecule has 0 radical (unpaired) electrons. The smallest absolute Gasteiger partial charge is 0.312 e. The molecule has 130 valence electrons. The highest BCUT2D eigenvalue weighted by atomic mass is 16.6. The Hall–Kier alpha value is -1.10. The van der Waals surface area contributed by atoms with Gasteiger partial charge in [-0.1, -0.05) is 0 Å². The Balaban J connectivity index is 1.58. The van der Waals surface area contributed by atoms with Crippen LogP contribution >= 0.6 is 0 Å². The molecule has 6 rings (SSSR count). The third kappa shape index (κ3) is 1.20. The maximum atomic E-state index is 12.7. The molecule has 0 aromatic carbocycles. The number of ether oxygens (including phenoxy) is 2. The van der Waals surface area contributed by atoms with Crippen LogP contribution in [0.1, 0.15) is 51.9 Å². The zero-order valence-corrected chi connectivity index (χ0v) is 14.0. The van der Waals surface area contributed by atoms with Gasteiger partial charge < -0.3 is 14.6 Å². The SMILES string of the molecule is C[C@@]12CCCC3(OC1=O)[C@@H]1CC[C@@H]4C[C@]1(C[C@]41CO1)[C@@H](C(=O)O)[C@@H]32. The molecular formula is C19H24O5. The van der Waals surface area contributed by atoms with Gasteiger partial charge in [-0.05, 0) is 63.2 Å². The van der Waals surface area contributed by atoms with E-state index in [1.54, 1.807) is 0 Å². The van der Waals surface area contributed by atoms with Crippen LogP contribution in [0.2, 0.25) is 0 Å². The minimum atomic E-state index is -0.711. The van der Waals surface area contributed by atoms with Crippen molar-refractivity contribution in [3.63, 3.8) is 0 Å². The van der Waals surface area contributed by atoms with E-state index < -0.39 is 22.9 Å². The highest BCUT2D eigenvalue weighted by Gasteiger charge is 2.84. The van der Waals surface area contributed by atoms with Crippen molar-refractivity contribution in [3.05, 3.63) is 0 Å². The van der Waals surface area contributed by atoms with Gasteiger partial charge >= 0.3 is 11.9 Å². The van der Waals surface area contributed by atoms with Crippen LogP contribution in [-0.4, -0.2) is 34.9 Å². The second-order valence-corrected chi connectivity index (χ2v) is 9.70. The molecule has 5 nitrogen and oxygen atoms in total. The molecule has 2 saturated heterocycles. The molecule has 1 N–H and O–H groups in total. The third-order valence-electron chi connectivity index (χ3n) is 9.05. The van der Waals surface area contributed by atoms with E-state index >= 15 is 0 Å². The Morgan fingerprint density at radius 1 is 1.29 bits per heavy atom. The Morgan fingerprint density at radius 3 is 2.79 bits per heavy atom. The number of epoxide rings is 1. The molecule has 6 fully saturated rings. The van der Waals surface area contributed by atoms with Crippen molar-refractivity contribution in [2.24, 2.45) is 34.5 Å². The maximum Gasteiger partial charge on any atom is 0.312 e. The summed E-state index contributed by atoms with van der Waals surface area (Å²) >= 11 is 0. The van der Waals surface area contributed by atoms with Gasteiger partial charge in [0.05, 0.1) is 23.5 Å². The van der Waals surface area contributed by atoms with Crippen molar-refractivity contribution in [2.45, 2.75) is 63.1 Å². The van der Waals surface area contributed by atoms with Crippen molar-refractivity contribution in [1.82, 2.24) is 0 Å². The van der Waals surface area contributed by atoms with Crippen LogP contribution in [0.5, 0.6) is 0 Å². The van der Waals surface area contributed by atoms with Crippen LogP contribution in [0.15, 0.2) is 0 Å². The molecule has 0 aromatic rings. The lowest BCUT2D eigenvalue weighted by Crippen LogP contribution is -2.47. The Morgan fingerprint density at radius 2 is 2.08 bits per heavy atom. The monoisotopic (exact) mass is 332 g/mol. The van der Waals surface area contributed by atoms with Gasteiger partial charge in [0.2, 0.25) is 0 Å². The van der Waals surface area contributed by atoms with Gasteiger partial charge in [-0.15, -0.1) is 0 Å². The van der Waals surface area contributed by atoms with E-state index in [9.17, 15) is 14.7 Å². The van der Waals surface area contributed by atoms with Crippen molar-refractivity contribution in [3.8, 4) is 0 Å². The average Bonchev–Trinajstić information content (AvgIpc) is 3.16. The van der Waals surface area contributed by atoms with Gasteiger partial charge in [-0.2, -0.15) is 0 Å². The van der Waals surface area contributed by atoms with Gasteiger partial charge in [0.1, 0.15) is 5.60 Å². The molecule has 8 atom stereocenters. The summed E-state index contributed by atoms with van der Waals surface area (Å²) in [6, 6.07) is 0. The van der Waals surface area contributed by atoms with Crippen LogP contribution in [0.3, 0.4) is 0 Å². The second-order valence-electron chi connectivity index (χ2n) is 9.70. The summed E-state index contributed by atoms with van der Waals surface area (Å²) in [6.45, 7) is 2.77. The number of rotatable bonds is 1. The molecule has 4 aliphatic carbocycles. The van der Waals surface area contributed by atoms with Gasteiger partial charge in [0.15, 0.2) is 0 Å². The summed E-state index contributed by atoms with van der Waals surface area (Å²) in [7, 11) is 0. The standard InChI is InChI=1S/C19H24O5/c1-16-5-2-6-19(24-15(16)22)11-4-3-10-7-17(11,8-18(10)9-23-18)12(13(16)19)14(20)21/h10-13H,2-9H2,1H3,(H,20,21)/t10-,11-,12-,13-,16+,17-,18+,19?/m1/s1. The van der Waals surface area contributed by atoms with Crippen molar-refractivity contribution in [2.75, 3.05) is 6.61 Å². The summed E-state index contributed by atoms with van der Waals surface area (Å²) in [4.78, 5) is 25.2. The number of carbonyl (C=O) groups is 2. The second kappa shape index (κ2) is 3.69. The van der Waals surface area contributed by atoms with Gasteiger partial charge in [0, 0.05) is 11.8 Å². The third-order valence-corrected chi connectivity index (χ3v) is 9.05. The van der Waals surface area contributed by atoms with Crippen LogP contribution in [0.25, 0.3) is 0 Å². The fourth-order valence-electron chi connectivity index (χ4n) is 8.37. The summed E-state index contributed by atoms with van der Waals surface area (Å²) in [6.07, 6.45) is 6.53. The van der Waals surface area contributed by atoms with Crippen LogP contribution in [0.4, 0.5) is 0 Å². The number of fused-ring (bicyclic) bond motifs is 2. The average molecular weight is 332 g/mol. The molecule has 0 aromatic heterocycles. The van der Waals surface area contributed by atoms with E-state index in [4.69, 9.17) is 9.47 Å². The number of aliphatic carboxylic acids is 1. The Kier molecular flexibility index (Phi) is 2.17.